The molecule has 14 heteroatoms. The SMILES string of the molecule is NCC(=O)NC(CC(=O)O)C(=O)NC(Cc1cnc[nH]1)C(=O)NC(Cc1ccc(O)cc1)C(=O)O. The Morgan fingerprint density at radius 2 is 1.54 bits per heavy atom. The summed E-state index contributed by atoms with van der Waals surface area (Å²) in [6.07, 6.45) is 1.72. The normalized spacial score (nSPS) is 13.2. The molecule has 3 unspecified atom stereocenters. The summed E-state index contributed by atoms with van der Waals surface area (Å²) < 4.78 is 0. The van der Waals surface area contributed by atoms with Crippen LogP contribution in [0.15, 0.2) is 36.8 Å². The number of aromatic amines is 1. The number of imidazole rings is 1. The van der Waals surface area contributed by atoms with Crippen LogP contribution in [0.5, 0.6) is 5.75 Å². The molecule has 1 aromatic heterocycles. The molecule has 9 N–H and O–H groups in total. The number of nitrogens with zero attached hydrogens (tertiary/aromatic N) is 1. The molecule has 35 heavy (non-hydrogen) atoms. The number of nitrogens with one attached hydrogen (secondary N) is 4. The zero-order chi connectivity index (χ0) is 26.0. The van der Waals surface area contributed by atoms with E-state index in [1.54, 1.807) is 0 Å². The fourth-order valence-corrected chi connectivity index (χ4v) is 3.08. The highest BCUT2D eigenvalue weighted by atomic mass is 16.4. The number of hydrogen-bond acceptors (Lipinski definition) is 8. The molecule has 0 saturated carbocycles. The molecule has 0 spiro atoms. The monoisotopic (exact) mass is 490 g/mol. The zero-order valence-electron chi connectivity index (χ0n) is 18.4. The second-order valence-corrected chi connectivity index (χ2v) is 7.53. The summed E-state index contributed by atoms with van der Waals surface area (Å²) >= 11 is 0. The molecule has 1 aromatic carbocycles. The number of carboxylic acid groups (broad SMARTS) is 2. The number of phenols is 1. The number of carbonyl (C=O) groups is 5. The molecule has 2 aromatic rings. The van der Waals surface area contributed by atoms with Crippen LogP contribution in [-0.4, -0.2) is 79.6 Å². The van der Waals surface area contributed by atoms with Crippen LogP contribution in [0.1, 0.15) is 17.7 Å². The number of amides is 3. The van der Waals surface area contributed by atoms with Gasteiger partial charge in [-0.25, -0.2) is 9.78 Å². The van der Waals surface area contributed by atoms with Crippen LogP contribution in [0.2, 0.25) is 0 Å². The molecule has 14 nitrogen and oxygen atoms in total. The molecule has 0 radical (unpaired) electrons. The van der Waals surface area contributed by atoms with Crippen LogP contribution in [0.4, 0.5) is 0 Å². The van der Waals surface area contributed by atoms with Gasteiger partial charge in [-0.1, -0.05) is 12.1 Å². The van der Waals surface area contributed by atoms with Crippen LogP contribution in [0, 0.1) is 0 Å². The summed E-state index contributed by atoms with van der Waals surface area (Å²) in [5.74, 6) is -5.34. The maximum atomic E-state index is 13.0. The van der Waals surface area contributed by atoms with Crippen LogP contribution in [0.3, 0.4) is 0 Å². The van der Waals surface area contributed by atoms with E-state index >= 15 is 0 Å². The molecule has 0 fully saturated rings. The van der Waals surface area contributed by atoms with E-state index in [1.807, 2.05) is 0 Å². The second-order valence-electron chi connectivity index (χ2n) is 7.53. The van der Waals surface area contributed by atoms with Crippen LogP contribution >= 0.6 is 0 Å². The molecule has 0 saturated heterocycles. The lowest BCUT2D eigenvalue weighted by Crippen LogP contribution is -2.57. The zero-order valence-corrected chi connectivity index (χ0v) is 18.4. The summed E-state index contributed by atoms with van der Waals surface area (Å²) in [7, 11) is 0. The smallest absolute Gasteiger partial charge is 0.326 e. The number of carbonyl (C=O) groups excluding carboxylic acids is 3. The maximum absolute atomic E-state index is 13.0. The van der Waals surface area contributed by atoms with Gasteiger partial charge in [-0.2, -0.15) is 0 Å². The highest BCUT2D eigenvalue weighted by molar-refractivity contribution is 5.95. The van der Waals surface area contributed by atoms with Crippen molar-refractivity contribution >= 4 is 29.7 Å². The Hall–Kier alpha value is -4.46. The van der Waals surface area contributed by atoms with E-state index in [-0.39, 0.29) is 18.6 Å². The van der Waals surface area contributed by atoms with E-state index < -0.39 is 60.8 Å². The molecule has 3 atom stereocenters. The number of nitrogens with two attached hydrogens (primary N) is 1. The van der Waals surface area contributed by atoms with Gasteiger partial charge < -0.3 is 42.0 Å². The number of phenolic OH excluding ortho intramolecular Hbond substituents is 1. The number of aromatic hydroxyl groups is 1. The van der Waals surface area contributed by atoms with Crippen molar-refractivity contribution in [2.24, 2.45) is 5.73 Å². The van der Waals surface area contributed by atoms with Crippen molar-refractivity contribution in [2.45, 2.75) is 37.4 Å². The highest BCUT2D eigenvalue weighted by Crippen LogP contribution is 2.12. The number of carboxylic acids is 2. The van der Waals surface area contributed by atoms with Crippen molar-refractivity contribution in [1.29, 1.82) is 0 Å². The van der Waals surface area contributed by atoms with Gasteiger partial charge in [-0.15, -0.1) is 0 Å². The number of aliphatic carboxylic acids is 2. The molecular weight excluding hydrogens is 464 g/mol. The third-order valence-electron chi connectivity index (χ3n) is 4.82. The van der Waals surface area contributed by atoms with Gasteiger partial charge in [0.1, 0.15) is 23.9 Å². The minimum absolute atomic E-state index is 0.00960. The molecule has 3 amide bonds. The summed E-state index contributed by atoms with van der Waals surface area (Å²) in [6.45, 7) is -0.487. The number of rotatable bonds is 13. The molecular formula is C21H26N6O8. The minimum atomic E-state index is -1.52. The van der Waals surface area contributed by atoms with Gasteiger partial charge in [-0.05, 0) is 17.7 Å². The second kappa shape index (κ2) is 12.7. The van der Waals surface area contributed by atoms with Gasteiger partial charge in [0.15, 0.2) is 0 Å². The van der Waals surface area contributed by atoms with E-state index in [4.69, 9.17) is 10.8 Å². The van der Waals surface area contributed by atoms with Crippen LogP contribution in [0.25, 0.3) is 0 Å². The molecule has 188 valence electrons. The molecule has 0 aliphatic rings. The molecule has 0 aliphatic carbocycles. The van der Waals surface area contributed by atoms with Crippen molar-refractivity contribution in [3.05, 3.63) is 48.0 Å². The molecule has 1 heterocycles. The number of benzene rings is 1. The van der Waals surface area contributed by atoms with E-state index in [0.717, 1.165) is 0 Å². The third kappa shape index (κ3) is 8.77. The Bertz CT molecular complexity index is 1040. The van der Waals surface area contributed by atoms with Crippen molar-refractivity contribution in [2.75, 3.05) is 6.54 Å². The van der Waals surface area contributed by atoms with Gasteiger partial charge in [0.2, 0.25) is 17.7 Å². The Kier molecular flexibility index (Phi) is 9.71. The fraction of sp³-hybridized carbons (Fsp3) is 0.333. The number of hydrogen-bond donors (Lipinski definition) is 8. The summed E-state index contributed by atoms with van der Waals surface area (Å²) in [6, 6.07) is 1.50. The van der Waals surface area contributed by atoms with Crippen LogP contribution in [-0.2, 0) is 36.8 Å². The van der Waals surface area contributed by atoms with Gasteiger partial charge in [0, 0.05) is 24.7 Å². The van der Waals surface area contributed by atoms with Gasteiger partial charge in [0.25, 0.3) is 0 Å². The summed E-state index contributed by atoms with van der Waals surface area (Å²) in [4.78, 5) is 66.8. The minimum Gasteiger partial charge on any atom is -0.508 e. The third-order valence-corrected chi connectivity index (χ3v) is 4.82. The number of aromatic nitrogens is 2. The lowest BCUT2D eigenvalue weighted by molar-refractivity contribution is -0.143. The number of H-pyrrole nitrogens is 1. The Balaban J connectivity index is 2.20. The Morgan fingerprint density at radius 3 is 2.09 bits per heavy atom. The van der Waals surface area contributed by atoms with Crippen LogP contribution < -0.4 is 21.7 Å². The Labute approximate surface area is 198 Å². The van der Waals surface area contributed by atoms with Gasteiger partial charge >= 0.3 is 11.9 Å². The van der Waals surface area contributed by atoms with Crippen molar-refractivity contribution in [3.8, 4) is 5.75 Å². The van der Waals surface area contributed by atoms with E-state index in [0.29, 0.717) is 11.3 Å². The van der Waals surface area contributed by atoms with E-state index in [1.165, 1.54) is 36.8 Å². The first kappa shape index (κ1) is 26.8. The predicted octanol–water partition coefficient (Wildman–Crippen LogP) is -2.13. The lowest BCUT2D eigenvalue weighted by atomic mass is 10.0. The predicted molar refractivity (Wildman–Crippen MR) is 119 cm³/mol. The van der Waals surface area contributed by atoms with Crippen molar-refractivity contribution in [1.82, 2.24) is 25.9 Å². The maximum Gasteiger partial charge on any atom is 0.326 e. The van der Waals surface area contributed by atoms with Crippen molar-refractivity contribution < 1.29 is 39.3 Å². The van der Waals surface area contributed by atoms with E-state index in [2.05, 4.69) is 25.9 Å². The first-order chi connectivity index (χ1) is 16.6. The molecule has 0 bridgehead atoms. The molecule has 2 rings (SSSR count). The quantitative estimate of drug-likeness (QED) is 0.152. The molecule has 0 aliphatic heterocycles. The van der Waals surface area contributed by atoms with Gasteiger partial charge in [-0.3, -0.25) is 19.2 Å². The average Bonchev–Trinajstić information content (AvgIpc) is 3.31. The average molecular weight is 490 g/mol. The fourth-order valence-electron chi connectivity index (χ4n) is 3.08. The topological polar surface area (TPSA) is 237 Å². The Morgan fingerprint density at radius 1 is 0.914 bits per heavy atom. The van der Waals surface area contributed by atoms with Gasteiger partial charge in [0.05, 0.1) is 19.3 Å². The highest BCUT2D eigenvalue weighted by Gasteiger charge is 2.31. The largest absolute Gasteiger partial charge is 0.508 e. The first-order valence-electron chi connectivity index (χ1n) is 10.4. The lowest BCUT2D eigenvalue weighted by Gasteiger charge is -2.24. The standard InChI is InChI=1S/C21H26N6O8/c22-8-17(29)25-15(7-18(30)31)20(33)26-14(6-12-9-23-10-24-12)19(32)27-16(21(34)35)5-11-1-3-13(28)4-2-11/h1-4,9-10,14-16,28H,5-8,22H2,(H,23,24)(H,25,29)(H,26,33)(H,27,32)(H,30,31)(H,34,35). The first-order valence-corrected chi connectivity index (χ1v) is 10.4. The summed E-state index contributed by atoms with van der Waals surface area (Å²) in [5.41, 5.74) is 6.16. The summed E-state index contributed by atoms with van der Waals surface area (Å²) in [5, 5.41) is 34.9. The van der Waals surface area contributed by atoms with Crippen molar-refractivity contribution in [3.63, 3.8) is 0 Å². The van der Waals surface area contributed by atoms with E-state index in [9.17, 15) is 34.2 Å².